The van der Waals surface area contributed by atoms with Crippen molar-refractivity contribution >= 4 is 21.7 Å². The molecule has 0 radical (unpaired) electrons. The highest BCUT2D eigenvalue weighted by atomic mass is 32.2. The second kappa shape index (κ2) is 8.19. The molecule has 1 fully saturated rings. The van der Waals surface area contributed by atoms with Gasteiger partial charge in [0.15, 0.2) is 0 Å². The zero-order valence-electron chi connectivity index (χ0n) is 13.3. The van der Waals surface area contributed by atoms with Crippen LogP contribution in [-0.4, -0.2) is 43.7 Å². The molecular formula is C15H18N2O7S. The first-order valence-electron chi connectivity index (χ1n) is 7.55. The van der Waals surface area contributed by atoms with Gasteiger partial charge in [0, 0.05) is 12.1 Å². The molecule has 1 aromatic carbocycles. The fourth-order valence-electron chi connectivity index (χ4n) is 2.32. The Balaban J connectivity index is 2.11. The normalized spacial score (nSPS) is 16.2. The van der Waals surface area contributed by atoms with Crippen LogP contribution in [0, 0.1) is 10.1 Å². The molecule has 136 valence electrons. The van der Waals surface area contributed by atoms with Crippen molar-refractivity contribution in [2.75, 3.05) is 13.2 Å². The maximum Gasteiger partial charge on any atom is 0.322 e. The Hall–Kier alpha value is -2.30. The summed E-state index contributed by atoms with van der Waals surface area (Å²) >= 11 is 0. The number of carbonyl (C=O) groups is 1. The number of carboxylic acid groups (broad SMARTS) is 1. The van der Waals surface area contributed by atoms with Gasteiger partial charge in [0.2, 0.25) is 10.0 Å². The summed E-state index contributed by atoms with van der Waals surface area (Å²) in [6.45, 7) is 1.14. The van der Waals surface area contributed by atoms with Gasteiger partial charge in [-0.1, -0.05) is 11.6 Å². The molecule has 1 atom stereocenters. The standard InChI is InChI=1S/C15H18N2O7S/c18-15(19)14(6-1-11-7-9-24-10-8-11)16-25(22,23)13-4-2-12(3-5-13)17(20)21/h1-5,14,16H,6-10H2,(H,18,19). The SMILES string of the molecule is O=C(O)C(CC=C1CCOCC1)NS(=O)(=O)c1ccc([N+](=O)[O-])cc1. The number of sulfonamides is 1. The van der Waals surface area contributed by atoms with E-state index >= 15 is 0 Å². The number of non-ortho nitro benzene ring substituents is 1. The van der Waals surface area contributed by atoms with E-state index in [0.717, 1.165) is 29.8 Å². The first kappa shape index (κ1) is 19.0. The molecule has 1 aromatic rings. The van der Waals surface area contributed by atoms with Crippen molar-refractivity contribution in [1.82, 2.24) is 4.72 Å². The number of hydrogen-bond acceptors (Lipinski definition) is 6. The van der Waals surface area contributed by atoms with Crippen LogP contribution in [0.2, 0.25) is 0 Å². The first-order valence-corrected chi connectivity index (χ1v) is 9.03. The van der Waals surface area contributed by atoms with Gasteiger partial charge in [-0.15, -0.1) is 0 Å². The molecule has 0 aliphatic carbocycles. The summed E-state index contributed by atoms with van der Waals surface area (Å²) < 4.78 is 31.9. The van der Waals surface area contributed by atoms with Gasteiger partial charge < -0.3 is 9.84 Å². The van der Waals surface area contributed by atoms with E-state index in [1.54, 1.807) is 6.08 Å². The second-order valence-electron chi connectivity index (χ2n) is 5.47. The average Bonchev–Trinajstić information content (AvgIpc) is 2.59. The fraction of sp³-hybridized carbons (Fsp3) is 0.400. The Morgan fingerprint density at radius 1 is 1.32 bits per heavy atom. The second-order valence-corrected chi connectivity index (χ2v) is 7.19. The molecule has 2 N–H and O–H groups in total. The highest BCUT2D eigenvalue weighted by molar-refractivity contribution is 7.89. The van der Waals surface area contributed by atoms with Crippen molar-refractivity contribution in [1.29, 1.82) is 0 Å². The third-order valence-corrected chi connectivity index (χ3v) is 5.22. The van der Waals surface area contributed by atoms with E-state index in [-0.39, 0.29) is 17.0 Å². The van der Waals surface area contributed by atoms with E-state index in [2.05, 4.69) is 4.72 Å². The molecule has 1 aliphatic heterocycles. The summed E-state index contributed by atoms with van der Waals surface area (Å²) in [5.74, 6) is -1.30. The smallest absolute Gasteiger partial charge is 0.322 e. The summed E-state index contributed by atoms with van der Waals surface area (Å²) in [5.41, 5.74) is 0.782. The molecule has 9 nitrogen and oxygen atoms in total. The van der Waals surface area contributed by atoms with Gasteiger partial charge in [-0.2, -0.15) is 4.72 Å². The van der Waals surface area contributed by atoms with E-state index in [1.165, 1.54) is 0 Å². The van der Waals surface area contributed by atoms with E-state index in [4.69, 9.17) is 4.74 Å². The quantitative estimate of drug-likeness (QED) is 0.421. The third kappa shape index (κ3) is 5.34. The maximum atomic E-state index is 12.3. The van der Waals surface area contributed by atoms with E-state index in [1.807, 2.05) is 0 Å². The highest BCUT2D eigenvalue weighted by Gasteiger charge is 2.25. The lowest BCUT2D eigenvalue weighted by molar-refractivity contribution is -0.384. The Morgan fingerprint density at radius 2 is 1.92 bits per heavy atom. The molecule has 10 heteroatoms. The lowest BCUT2D eigenvalue weighted by Gasteiger charge is -2.17. The van der Waals surface area contributed by atoms with Gasteiger partial charge in [-0.3, -0.25) is 14.9 Å². The predicted molar refractivity (Wildman–Crippen MR) is 87.6 cm³/mol. The largest absolute Gasteiger partial charge is 0.480 e. The van der Waals surface area contributed by atoms with Gasteiger partial charge in [-0.05, 0) is 31.4 Å². The van der Waals surface area contributed by atoms with Crippen molar-refractivity contribution in [2.24, 2.45) is 0 Å². The third-order valence-electron chi connectivity index (χ3n) is 3.73. The van der Waals surface area contributed by atoms with Crippen LogP contribution >= 0.6 is 0 Å². The van der Waals surface area contributed by atoms with Crippen molar-refractivity contribution in [3.05, 3.63) is 46.0 Å². The van der Waals surface area contributed by atoms with Crippen LogP contribution in [0.15, 0.2) is 40.8 Å². The van der Waals surface area contributed by atoms with Crippen molar-refractivity contribution in [2.45, 2.75) is 30.2 Å². The van der Waals surface area contributed by atoms with Crippen LogP contribution in [0.3, 0.4) is 0 Å². The molecule has 0 saturated carbocycles. The molecule has 1 aliphatic rings. The number of hydrogen-bond donors (Lipinski definition) is 2. The summed E-state index contributed by atoms with van der Waals surface area (Å²) in [6.07, 6.45) is 3.12. The Bertz CT molecular complexity index is 764. The van der Waals surface area contributed by atoms with E-state index in [9.17, 15) is 28.4 Å². The van der Waals surface area contributed by atoms with Crippen molar-refractivity contribution < 1.29 is 28.0 Å². The number of nitrogens with zero attached hydrogens (tertiary/aromatic N) is 1. The van der Waals surface area contributed by atoms with Crippen LogP contribution in [0.4, 0.5) is 5.69 Å². The highest BCUT2D eigenvalue weighted by Crippen LogP contribution is 2.18. The summed E-state index contributed by atoms with van der Waals surface area (Å²) in [7, 11) is -4.11. The van der Waals surface area contributed by atoms with E-state index < -0.39 is 27.0 Å². The molecule has 0 bridgehead atoms. The zero-order chi connectivity index (χ0) is 18.4. The lowest BCUT2D eigenvalue weighted by atomic mass is 10.0. The van der Waals surface area contributed by atoms with Crippen LogP contribution in [-0.2, 0) is 19.6 Å². The number of nitro benzene ring substituents is 1. The molecule has 2 rings (SSSR count). The number of carboxylic acids is 1. The lowest BCUT2D eigenvalue weighted by Crippen LogP contribution is -2.40. The van der Waals surface area contributed by atoms with Gasteiger partial charge >= 0.3 is 5.97 Å². The average molecular weight is 370 g/mol. The van der Waals surface area contributed by atoms with E-state index in [0.29, 0.717) is 26.1 Å². The van der Waals surface area contributed by atoms with Gasteiger partial charge in [0.1, 0.15) is 6.04 Å². The van der Waals surface area contributed by atoms with Gasteiger partial charge in [-0.25, -0.2) is 8.42 Å². The molecule has 0 spiro atoms. The van der Waals surface area contributed by atoms with Gasteiger partial charge in [0.25, 0.3) is 5.69 Å². The summed E-state index contributed by atoms with van der Waals surface area (Å²) in [5, 5.41) is 19.9. The first-order chi connectivity index (χ1) is 11.8. The minimum Gasteiger partial charge on any atom is -0.480 e. The molecule has 25 heavy (non-hydrogen) atoms. The number of nitrogens with one attached hydrogen (secondary N) is 1. The number of nitro groups is 1. The summed E-state index contributed by atoms with van der Waals surface area (Å²) in [6, 6.07) is 2.91. The van der Waals surface area contributed by atoms with Crippen molar-refractivity contribution in [3.8, 4) is 0 Å². The molecule has 1 heterocycles. The molecule has 0 aromatic heterocycles. The van der Waals surface area contributed by atoms with Crippen molar-refractivity contribution in [3.63, 3.8) is 0 Å². The fourth-order valence-corrected chi connectivity index (χ4v) is 3.53. The number of rotatable bonds is 7. The minimum atomic E-state index is -4.11. The zero-order valence-corrected chi connectivity index (χ0v) is 14.1. The molecule has 1 unspecified atom stereocenters. The molecule has 1 saturated heterocycles. The van der Waals surface area contributed by atoms with Gasteiger partial charge in [0.05, 0.1) is 23.0 Å². The van der Waals surface area contributed by atoms with Crippen LogP contribution in [0.5, 0.6) is 0 Å². The molecule has 0 amide bonds. The number of ether oxygens (including phenoxy) is 1. The topological polar surface area (TPSA) is 136 Å². The Labute approximate surface area is 144 Å². The number of benzene rings is 1. The van der Waals surface area contributed by atoms with Crippen LogP contribution < -0.4 is 4.72 Å². The molecular weight excluding hydrogens is 352 g/mol. The van der Waals surface area contributed by atoms with Crippen LogP contribution in [0.25, 0.3) is 0 Å². The monoisotopic (exact) mass is 370 g/mol. The van der Waals surface area contributed by atoms with Crippen LogP contribution in [0.1, 0.15) is 19.3 Å². The number of aliphatic carboxylic acids is 1. The predicted octanol–water partition coefficient (Wildman–Crippen LogP) is 1.45. The minimum absolute atomic E-state index is 0.0108. The Morgan fingerprint density at radius 3 is 2.44 bits per heavy atom. The maximum absolute atomic E-state index is 12.3. The summed E-state index contributed by atoms with van der Waals surface area (Å²) in [4.78, 5) is 21.1. The Kier molecular flexibility index (Phi) is 6.23.